The first-order valence-corrected chi connectivity index (χ1v) is 9.09. The van der Waals surface area contributed by atoms with Gasteiger partial charge in [-0.1, -0.05) is 31.5 Å². The van der Waals surface area contributed by atoms with Crippen molar-refractivity contribution < 1.29 is 9.13 Å². The van der Waals surface area contributed by atoms with Crippen molar-refractivity contribution in [3.05, 3.63) is 34.6 Å². The average molecular weight is 499 g/mol. The molecule has 26 heavy (non-hydrogen) atoms. The molecule has 5 nitrogen and oxygen atoms in total. The number of hydrogen-bond acceptors (Lipinski definition) is 3. The molecule has 2 N–H and O–H groups in total. The fourth-order valence-electron chi connectivity index (χ4n) is 2.95. The summed E-state index contributed by atoms with van der Waals surface area (Å²) in [6.45, 7) is 9.32. The van der Waals surface area contributed by atoms with Crippen LogP contribution < -0.4 is 10.6 Å². The molecular formula is C18H29ClFIN4O. The van der Waals surface area contributed by atoms with E-state index in [2.05, 4.69) is 34.4 Å². The Balaban J connectivity index is 0.00000338. The summed E-state index contributed by atoms with van der Waals surface area (Å²) < 4.78 is 18.7. The van der Waals surface area contributed by atoms with E-state index in [0.29, 0.717) is 18.5 Å². The van der Waals surface area contributed by atoms with Gasteiger partial charge in [0.05, 0.1) is 18.2 Å². The Morgan fingerprint density at radius 2 is 2.00 bits per heavy atom. The lowest BCUT2D eigenvalue weighted by atomic mass is 10.0. The first-order chi connectivity index (χ1) is 12.0. The van der Waals surface area contributed by atoms with Gasteiger partial charge in [0.1, 0.15) is 5.82 Å². The highest BCUT2D eigenvalue weighted by Gasteiger charge is 2.23. The maximum atomic E-state index is 13.2. The molecule has 0 aromatic heterocycles. The van der Waals surface area contributed by atoms with E-state index in [-0.39, 0.29) is 29.0 Å². The van der Waals surface area contributed by atoms with Gasteiger partial charge >= 0.3 is 0 Å². The van der Waals surface area contributed by atoms with E-state index in [1.165, 1.54) is 6.07 Å². The number of rotatable bonds is 6. The van der Waals surface area contributed by atoms with Crippen molar-refractivity contribution in [3.63, 3.8) is 0 Å². The maximum Gasteiger partial charge on any atom is 0.191 e. The minimum atomic E-state index is -0.404. The van der Waals surface area contributed by atoms with Crippen LogP contribution in [0.5, 0.6) is 0 Å². The number of nitrogens with zero attached hydrogens (tertiary/aromatic N) is 2. The molecule has 1 saturated heterocycles. The third kappa shape index (κ3) is 7.17. The number of hydrogen-bond donors (Lipinski definition) is 2. The van der Waals surface area contributed by atoms with E-state index >= 15 is 0 Å². The van der Waals surface area contributed by atoms with Gasteiger partial charge in [-0.3, -0.25) is 9.89 Å². The van der Waals surface area contributed by atoms with Crippen LogP contribution in [0.4, 0.5) is 4.39 Å². The predicted octanol–water partition coefficient (Wildman–Crippen LogP) is 3.12. The standard InChI is InChI=1S/C18H28ClFN4O.HI/c1-13(2)17(24-6-8-25-9-7-24)12-23-18(21-3)22-11-14-4-5-16(20)15(19)10-14;/h4-5,10,13,17H,6-9,11-12H2,1-3H3,(H2,21,22,23);1H. The summed E-state index contributed by atoms with van der Waals surface area (Å²) in [5.74, 6) is 0.845. The number of ether oxygens (including phenoxy) is 1. The number of halogens is 3. The molecule has 0 amide bonds. The fourth-order valence-corrected chi connectivity index (χ4v) is 3.16. The SMILES string of the molecule is CN=C(NCc1ccc(F)c(Cl)c1)NCC(C(C)C)N1CCOCC1.I. The third-order valence-corrected chi connectivity index (χ3v) is 4.72. The minimum Gasteiger partial charge on any atom is -0.379 e. The Kier molecular flexibility index (Phi) is 10.7. The van der Waals surface area contributed by atoms with E-state index in [1.54, 1.807) is 19.2 Å². The van der Waals surface area contributed by atoms with E-state index in [1.807, 2.05) is 0 Å². The molecule has 1 fully saturated rings. The van der Waals surface area contributed by atoms with Gasteiger partial charge in [-0.2, -0.15) is 0 Å². The highest BCUT2D eigenvalue weighted by Crippen LogP contribution is 2.16. The topological polar surface area (TPSA) is 48.9 Å². The molecule has 0 radical (unpaired) electrons. The van der Waals surface area contributed by atoms with Gasteiger partial charge in [-0.15, -0.1) is 24.0 Å². The van der Waals surface area contributed by atoms with Gasteiger partial charge in [-0.25, -0.2) is 4.39 Å². The minimum absolute atomic E-state index is 0. The Hall–Kier alpha value is -0.640. The zero-order valence-electron chi connectivity index (χ0n) is 15.6. The predicted molar refractivity (Wildman–Crippen MR) is 116 cm³/mol. The largest absolute Gasteiger partial charge is 0.379 e. The van der Waals surface area contributed by atoms with Crippen LogP contribution in [-0.2, 0) is 11.3 Å². The zero-order chi connectivity index (χ0) is 18.2. The van der Waals surface area contributed by atoms with Crippen LogP contribution in [0.25, 0.3) is 0 Å². The number of nitrogens with one attached hydrogen (secondary N) is 2. The number of benzene rings is 1. The van der Waals surface area contributed by atoms with Crippen molar-refractivity contribution in [2.24, 2.45) is 10.9 Å². The molecule has 1 unspecified atom stereocenters. The first-order valence-electron chi connectivity index (χ1n) is 8.71. The second kappa shape index (κ2) is 11.9. The quantitative estimate of drug-likeness (QED) is 0.359. The summed E-state index contributed by atoms with van der Waals surface area (Å²) in [6, 6.07) is 5.14. The summed E-state index contributed by atoms with van der Waals surface area (Å²) in [5, 5.41) is 6.77. The smallest absolute Gasteiger partial charge is 0.191 e. The van der Waals surface area contributed by atoms with Gasteiger partial charge in [0.25, 0.3) is 0 Å². The van der Waals surface area contributed by atoms with Crippen LogP contribution in [0.2, 0.25) is 5.02 Å². The molecule has 1 aromatic carbocycles. The summed E-state index contributed by atoms with van der Waals surface area (Å²) >= 11 is 5.82. The molecule has 0 spiro atoms. The monoisotopic (exact) mass is 498 g/mol. The molecule has 1 aliphatic rings. The molecule has 1 atom stereocenters. The molecule has 148 valence electrons. The van der Waals surface area contributed by atoms with Crippen molar-refractivity contribution in [2.45, 2.75) is 26.4 Å². The van der Waals surface area contributed by atoms with Crippen molar-refractivity contribution in [3.8, 4) is 0 Å². The summed E-state index contributed by atoms with van der Waals surface area (Å²) in [4.78, 5) is 6.73. The van der Waals surface area contributed by atoms with Gasteiger partial charge in [0.15, 0.2) is 5.96 Å². The van der Waals surface area contributed by atoms with Crippen LogP contribution in [-0.4, -0.2) is 56.8 Å². The van der Waals surface area contributed by atoms with Crippen molar-refractivity contribution >= 4 is 41.5 Å². The lowest BCUT2D eigenvalue weighted by molar-refractivity contribution is 0.00752. The number of guanidine groups is 1. The molecule has 0 aliphatic carbocycles. The summed E-state index contributed by atoms with van der Waals surface area (Å²) in [6.07, 6.45) is 0. The van der Waals surface area contributed by atoms with Crippen LogP contribution in [0.15, 0.2) is 23.2 Å². The summed E-state index contributed by atoms with van der Waals surface area (Å²) in [5.41, 5.74) is 0.905. The molecule has 1 heterocycles. The molecule has 0 saturated carbocycles. The van der Waals surface area contributed by atoms with Crippen LogP contribution >= 0.6 is 35.6 Å². The van der Waals surface area contributed by atoms with Crippen LogP contribution in [0.1, 0.15) is 19.4 Å². The molecular weight excluding hydrogens is 470 g/mol. The van der Waals surface area contributed by atoms with E-state index in [0.717, 1.165) is 44.4 Å². The molecule has 0 bridgehead atoms. The Bertz CT molecular complexity index is 582. The first kappa shape index (κ1) is 23.4. The van der Waals surface area contributed by atoms with Crippen LogP contribution in [0.3, 0.4) is 0 Å². The molecule has 1 aliphatic heterocycles. The lowest BCUT2D eigenvalue weighted by Gasteiger charge is -2.37. The Morgan fingerprint density at radius 3 is 2.58 bits per heavy atom. The van der Waals surface area contributed by atoms with Gasteiger partial charge < -0.3 is 15.4 Å². The molecule has 8 heteroatoms. The van der Waals surface area contributed by atoms with E-state index in [4.69, 9.17) is 16.3 Å². The van der Waals surface area contributed by atoms with Gasteiger partial charge in [-0.05, 0) is 23.6 Å². The van der Waals surface area contributed by atoms with Crippen molar-refractivity contribution in [2.75, 3.05) is 39.9 Å². The maximum absolute atomic E-state index is 13.2. The fraction of sp³-hybridized carbons (Fsp3) is 0.611. The van der Waals surface area contributed by atoms with E-state index in [9.17, 15) is 4.39 Å². The number of aliphatic imine (C=N–C) groups is 1. The zero-order valence-corrected chi connectivity index (χ0v) is 18.7. The number of morpholine rings is 1. The highest BCUT2D eigenvalue weighted by molar-refractivity contribution is 14.0. The Morgan fingerprint density at radius 1 is 1.31 bits per heavy atom. The van der Waals surface area contributed by atoms with Crippen molar-refractivity contribution in [1.29, 1.82) is 0 Å². The van der Waals surface area contributed by atoms with E-state index < -0.39 is 5.82 Å². The Labute approximate surface area is 177 Å². The highest BCUT2D eigenvalue weighted by atomic mass is 127. The summed E-state index contributed by atoms with van der Waals surface area (Å²) in [7, 11) is 1.74. The molecule has 1 aromatic rings. The van der Waals surface area contributed by atoms with Gasteiger partial charge in [0.2, 0.25) is 0 Å². The van der Waals surface area contributed by atoms with Gasteiger partial charge in [0, 0.05) is 39.3 Å². The second-order valence-corrected chi connectivity index (χ2v) is 6.92. The normalized spacial score (nSPS) is 16.9. The lowest BCUT2D eigenvalue weighted by Crippen LogP contribution is -2.52. The molecule has 2 rings (SSSR count). The third-order valence-electron chi connectivity index (χ3n) is 4.43. The second-order valence-electron chi connectivity index (χ2n) is 6.51. The van der Waals surface area contributed by atoms with Crippen molar-refractivity contribution in [1.82, 2.24) is 15.5 Å². The van der Waals surface area contributed by atoms with Crippen LogP contribution in [0, 0.1) is 11.7 Å². The average Bonchev–Trinajstić information content (AvgIpc) is 2.61.